The summed E-state index contributed by atoms with van der Waals surface area (Å²) in [4.78, 5) is 15.1. The summed E-state index contributed by atoms with van der Waals surface area (Å²) in [6.45, 7) is 4.49. The number of amides is 1. The number of fused-ring (bicyclic) bond motifs is 4. The molecule has 0 unspecified atom stereocenters. The van der Waals surface area contributed by atoms with Crippen LogP contribution in [0.15, 0.2) is 28.7 Å². The van der Waals surface area contributed by atoms with E-state index in [9.17, 15) is 4.79 Å². The number of rotatable bonds is 2. The average molecular weight is 309 g/mol. The number of piperidine rings is 3. The van der Waals surface area contributed by atoms with Gasteiger partial charge in [-0.1, -0.05) is 6.07 Å². The molecule has 23 heavy (non-hydrogen) atoms. The lowest BCUT2D eigenvalue weighted by molar-refractivity contribution is 0.0217. The first kappa shape index (κ1) is 14.3. The van der Waals surface area contributed by atoms with Crippen LogP contribution in [0.3, 0.4) is 0 Å². The number of carbonyl (C=O) groups excluding carboxylic acids is 1. The highest BCUT2D eigenvalue weighted by molar-refractivity contribution is 5.97. The Morgan fingerprint density at radius 2 is 2.13 bits per heavy atom. The third kappa shape index (κ3) is 2.40. The van der Waals surface area contributed by atoms with Crippen molar-refractivity contribution in [2.24, 2.45) is 5.92 Å². The minimum atomic E-state index is -0.0626. The van der Waals surface area contributed by atoms with Gasteiger partial charge in [0.25, 0.3) is 5.91 Å². The summed E-state index contributed by atoms with van der Waals surface area (Å²) in [7, 11) is 0. The highest BCUT2D eigenvalue weighted by Crippen LogP contribution is 2.32. The summed E-state index contributed by atoms with van der Waals surface area (Å²) in [5.41, 5.74) is 1.16. The molecule has 1 N–H and O–H groups in total. The molecule has 118 valence electrons. The summed E-state index contributed by atoms with van der Waals surface area (Å²) in [6.07, 6.45) is 2.33. The SMILES string of the molecule is C[C@H]1[C@H](NC(=O)c2ccc3cc(C#N)oc3c2)C2CCN1CC2. The van der Waals surface area contributed by atoms with Crippen molar-refractivity contribution in [2.75, 3.05) is 13.1 Å². The Bertz CT molecular complexity index is 794. The molecule has 2 atom stereocenters. The van der Waals surface area contributed by atoms with Crippen molar-refractivity contribution in [3.8, 4) is 6.07 Å². The second-order valence-corrected chi connectivity index (χ2v) is 6.59. The Balaban J connectivity index is 1.56. The molecule has 3 saturated heterocycles. The Hall–Kier alpha value is -2.32. The first-order valence-electron chi connectivity index (χ1n) is 8.14. The molecule has 1 aromatic heterocycles. The molecule has 3 fully saturated rings. The Kier molecular flexibility index (Phi) is 3.35. The van der Waals surface area contributed by atoms with Gasteiger partial charge in [-0.05, 0) is 50.9 Å². The molecule has 0 aliphatic carbocycles. The van der Waals surface area contributed by atoms with Crippen molar-refractivity contribution in [1.29, 1.82) is 5.26 Å². The van der Waals surface area contributed by atoms with Crippen molar-refractivity contribution < 1.29 is 9.21 Å². The molecule has 1 amide bonds. The molecular weight excluding hydrogens is 290 g/mol. The van der Waals surface area contributed by atoms with Crippen LogP contribution in [0.4, 0.5) is 0 Å². The van der Waals surface area contributed by atoms with Crippen LogP contribution in [0, 0.1) is 17.2 Å². The Morgan fingerprint density at radius 3 is 2.83 bits per heavy atom. The maximum absolute atomic E-state index is 12.6. The predicted octanol–water partition coefficient (Wildman–Crippen LogP) is 2.52. The van der Waals surface area contributed by atoms with Crippen LogP contribution in [-0.2, 0) is 0 Å². The van der Waals surface area contributed by atoms with E-state index in [-0.39, 0.29) is 17.7 Å². The molecule has 0 spiro atoms. The van der Waals surface area contributed by atoms with E-state index in [1.807, 2.05) is 12.1 Å². The number of nitriles is 1. The van der Waals surface area contributed by atoms with Gasteiger partial charge in [0.05, 0.1) is 0 Å². The van der Waals surface area contributed by atoms with Crippen LogP contribution in [0.1, 0.15) is 35.9 Å². The average Bonchev–Trinajstić information content (AvgIpc) is 3.00. The van der Waals surface area contributed by atoms with E-state index in [1.165, 1.54) is 0 Å². The van der Waals surface area contributed by atoms with Crippen molar-refractivity contribution in [2.45, 2.75) is 31.8 Å². The molecule has 2 aromatic rings. The van der Waals surface area contributed by atoms with E-state index in [4.69, 9.17) is 9.68 Å². The molecule has 5 nitrogen and oxygen atoms in total. The molecule has 3 aliphatic heterocycles. The van der Waals surface area contributed by atoms with Crippen LogP contribution in [0.2, 0.25) is 0 Å². The fourth-order valence-electron chi connectivity index (χ4n) is 4.01. The van der Waals surface area contributed by atoms with E-state index >= 15 is 0 Å². The summed E-state index contributed by atoms with van der Waals surface area (Å²) >= 11 is 0. The van der Waals surface area contributed by atoms with Gasteiger partial charge in [-0.2, -0.15) is 5.26 Å². The molecule has 0 radical (unpaired) electrons. The summed E-state index contributed by atoms with van der Waals surface area (Å²) in [6, 6.07) is 9.62. The monoisotopic (exact) mass is 309 g/mol. The van der Waals surface area contributed by atoms with Gasteiger partial charge < -0.3 is 9.73 Å². The fourth-order valence-corrected chi connectivity index (χ4v) is 4.01. The Labute approximate surface area is 134 Å². The number of nitrogens with zero attached hydrogens (tertiary/aromatic N) is 2. The van der Waals surface area contributed by atoms with Crippen LogP contribution in [0.25, 0.3) is 11.0 Å². The molecular formula is C18H19N3O2. The number of hydrogen-bond acceptors (Lipinski definition) is 4. The number of benzene rings is 1. The van der Waals surface area contributed by atoms with Crippen LogP contribution >= 0.6 is 0 Å². The Morgan fingerprint density at radius 1 is 1.35 bits per heavy atom. The standard InChI is InChI=1S/C18H19N3O2/c1-11-17(12-4-6-21(11)7-5-12)20-18(22)14-3-2-13-8-15(10-19)23-16(13)9-14/h2-3,8-9,11-12,17H,4-7H2,1H3,(H,20,22)/t11-,17-/m0/s1. The largest absolute Gasteiger partial charge is 0.446 e. The van der Waals surface area contributed by atoms with Gasteiger partial charge in [0.15, 0.2) is 0 Å². The first-order chi connectivity index (χ1) is 11.2. The molecule has 4 heterocycles. The zero-order valence-electron chi connectivity index (χ0n) is 13.1. The van der Waals surface area contributed by atoms with Crippen molar-refractivity contribution in [3.63, 3.8) is 0 Å². The lowest BCUT2D eigenvalue weighted by atomic mass is 9.79. The van der Waals surface area contributed by atoms with Gasteiger partial charge in [-0.3, -0.25) is 9.69 Å². The number of hydrogen-bond donors (Lipinski definition) is 1. The first-order valence-corrected chi connectivity index (χ1v) is 8.14. The van der Waals surface area contributed by atoms with E-state index in [0.29, 0.717) is 23.1 Å². The summed E-state index contributed by atoms with van der Waals surface area (Å²) < 4.78 is 5.42. The predicted molar refractivity (Wildman–Crippen MR) is 85.9 cm³/mol. The van der Waals surface area contributed by atoms with E-state index < -0.39 is 0 Å². The van der Waals surface area contributed by atoms with Gasteiger partial charge in [0.1, 0.15) is 11.7 Å². The highest BCUT2D eigenvalue weighted by Gasteiger charge is 2.40. The van der Waals surface area contributed by atoms with Crippen LogP contribution in [0.5, 0.6) is 0 Å². The van der Waals surface area contributed by atoms with Crippen LogP contribution in [-0.4, -0.2) is 36.0 Å². The van der Waals surface area contributed by atoms with E-state index in [0.717, 1.165) is 31.3 Å². The lowest BCUT2D eigenvalue weighted by Crippen LogP contribution is -2.62. The van der Waals surface area contributed by atoms with Crippen LogP contribution < -0.4 is 5.32 Å². The highest BCUT2D eigenvalue weighted by atomic mass is 16.3. The van der Waals surface area contributed by atoms with Gasteiger partial charge >= 0.3 is 0 Å². The van der Waals surface area contributed by atoms with E-state index in [2.05, 4.69) is 17.1 Å². The summed E-state index contributed by atoms with van der Waals surface area (Å²) in [5.74, 6) is 0.785. The zero-order chi connectivity index (χ0) is 16.0. The minimum absolute atomic E-state index is 0.0626. The molecule has 3 aliphatic rings. The molecule has 5 rings (SSSR count). The van der Waals surface area contributed by atoms with E-state index in [1.54, 1.807) is 18.2 Å². The van der Waals surface area contributed by atoms with Crippen molar-refractivity contribution in [3.05, 3.63) is 35.6 Å². The smallest absolute Gasteiger partial charge is 0.251 e. The third-order valence-corrected chi connectivity index (χ3v) is 5.37. The fraction of sp³-hybridized carbons (Fsp3) is 0.444. The topological polar surface area (TPSA) is 69.3 Å². The zero-order valence-corrected chi connectivity index (χ0v) is 13.1. The number of nitrogens with one attached hydrogen (secondary N) is 1. The van der Waals surface area contributed by atoms with Crippen molar-refractivity contribution >= 4 is 16.9 Å². The summed E-state index contributed by atoms with van der Waals surface area (Å²) in [5, 5.41) is 13.0. The number of furan rings is 1. The quantitative estimate of drug-likeness (QED) is 0.925. The van der Waals surface area contributed by atoms with Gasteiger partial charge in [0.2, 0.25) is 5.76 Å². The lowest BCUT2D eigenvalue weighted by Gasteiger charge is -2.49. The minimum Gasteiger partial charge on any atom is -0.446 e. The second-order valence-electron chi connectivity index (χ2n) is 6.59. The molecule has 0 saturated carbocycles. The van der Waals surface area contributed by atoms with Gasteiger partial charge in [-0.25, -0.2) is 0 Å². The second kappa shape index (κ2) is 5.39. The van der Waals surface area contributed by atoms with Crippen molar-refractivity contribution in [1.82, 2.24) is 10.2 Å². The molecule has 2 bridgehead atoms. The van der Waals surface area contributed by atoms with Gasteiger partial charge in [-0.15, -0.1) is 0 Å². The molecule has 1 aromatic carbocycles. The third-order valence-electron chi connectivity index (χ3n) is 5.37. The normalized spacial score (nSPS) is 29.4. The molecule has 5 heteroatoms. The number of carbonyl (C=O) groups is 1. The maximum Gasteiger partial charge on any atom is 0.251 e. The van der Waals surface area contributed by atoms with Gasteiger partial charge in [0, 0.05) is 29.1 Å². The maximum atomic E-state index is 12.6.